The molecule has 1 aliphatic rings. The van der Waals surface area contributed by atoms with Crippen LogP contribution in [0.2, 0.25) is 10.0 Å². The van der Waals surface area contributed by atoms with Crippen LogP contribution < -0.4 is 5.32 Å². The topological polar surface area (TPSA) is 17.0 Å². The molecule has 4 rings (SSSR count). The van der Waals surface area contributed by atoms with Crippen molar-refractivity contribution >= 4 is 34.1 Å². The van der Waals surface area contributed by atoms with E-state index in [4.69, 9.17) is 23.2 Å². The zero-order chi connectivity index (χ0) is 15.1. The Morgan fingerprint density at radius 3 is 2.82 bits per heavy atom. The first kappa shape index (κ1) is 14.1. The molecule has 0 saturated heterocycles. The van der Waals surface area contributed by atoms with Crippen molar-refractivity contribution in [2.75, 3.05) is 13.1 Å². The number of rotatable bonds is 1. The quantitative estimate of drug-likeness (QED) is 0.680. The first-order valence-corrected chi connectivity index (χ1v) is 8.27. The fourth-order valence-corrected chi connectivity index (χ4v) is 3.62. The van der Waals surface area contributed by atoms with E-state index in [9.17, 15) is 0 Å². The molecule has 2 heterocycles. The van der Waals surface area contributed by atoms with Crippen molar-refractivity contribution in [1.82, 2.24) is 9.88 Å². The summed E-state index contributed by atoms with van der Waals surface area (Å²) < 4.78 is 2.41. The van der Waals surface area contributed by atoms with Gasteiger partial charge < -0.3 is 9.88 Å². The van der Waals surface area contributed by atoms with Crippen LogP contribution in [0.25, 0.3) is 22.0 Å². The highest BCUT2D eigenvalue weighted by Gasteiger charge is 2.13. The summed E-state index contributed by atoms with van der Waals surface area (Å²) in [6.45, 7) is 3.06. The molecule has 0 atom stereocenters. The fourth-order valence-electron chi connectivity index (χ4n) is 3.21. The highest BCUT2D eigenvalue weighted by atomic mass is 35.5. The number of halogens is 2. The molecule has 4 heteroatoms. The minimum absolute atomic E-state index is 0.595. The van der Waals surface area contributed by atoms with E-state index in [1.54, 1.807) is 0 Å². The smallest absolute Gasteiger partial charge is 0.0670 e. The summed E-state index contributed by atoms with van der Waals surface area (Å²) in [4.78, 5) is 0. The third kappa shape index (κ3) is 2.32. The molecule has 0 saturated carbocycles. The van der Waals surface area contributed by atoms with E-state index in [0.29, 0.717) is 10.0 Å². The van der Waals surface area contributed by atoms with Gasteiger partial charge in [-0.3, -0.25) is 0 Å². The largest absolute Gasteiger partial charge is 0.343 e. The van der Waals surface area contributed by atoms with Gasteiger partial charge in [-0.05, 0) is 29.1 Å². The van der Waals surface area contributed by atoms with E-state index in [1.807, 2.05) is 18.2 Å². The third-order valence-electron chi connectivity index (χ3n) is 4.32. The SMILES string of the molecule is Clc1cccc(-c2ccc3cc4n(c3c2)CCNCC4)c1Cl. The number of fused-ring (bicyclic) bond motifs is 3. The molecule has 0 spiro atoms. The normalized spacial score (nSPS) is 14.8. The molecule has 1 aromatic heterocycles. The van der Waals surface area contributed by atoms with Crippen molar-refractivity contribution in [2.45, 2.75) is 13.0 Å². The summed E-state index contributed by atoms with van der Waals surface area (Å²) in [5.41, 5.74) is 4.76. The van der Waals surface area contributed by atoms with Crippen LogP contribution in [0, 0.1) is 0 Å². The maximum atomic E-state index is 6.37. The number of hydrogen-bond donors (Lipinski definition) is 1. The number of nitrogens with zero attached hydrogens (tertiary/aromatic N) is 1. The van der Waals surface area contributed by atoms with E-state index >= 15 is 0 Å². The molecule has 0 radical (unpaired) electrons. The molecule has 22 heavy (non-hydrogen) atoms. The molecule has 0 fully saturated rings. The minimum atomic E-state index is 0.595. The van der Waals surface area contributed by atoms with Crippen LogP contribution in [0.5, 0.6) is 0 Å². The summed E-state index contributed by atoms with van der Waals surface area (Å²) in [7, 11) is 0. The third-order valence-corrected chi connectivity index (χ3v) is 5.14. The molecule has 1 aliphatic heterocycles. The molecular formula is C18H16Cl2N2. The lowest BCUT2D eigenvalue weighted by molar-refractivity contribution is 0.658. The number of aromatic nitrogens is 1. The van der Waals surface area contributed by atoms with Crippen LogP contribution in [-0.4, -0.2) is 17.7 Å². The second-order valence-electron chi connectivity index (χ2n) is 5.66. The Morgan fingerprint density at radius 1 is 1.00 bits per heavy atom. The average molecular weight is 331 g/mol. The molecule has 3 aromatic rings. The summed E-state index contributed by atoms with van der Waals surface area (Å²) in [6, 6.07) is 14.6. The van der Waals surface area contributed by atoms with Gasteiger partial charge in [-0.2, -0.15) is 0 Å². The van der Waals surface area contributed by atoms with Crippen molar-refractivity contribution in [3.63, 3.8) is 0 Å². The van der Waals surface area contributed by atoms with Gasteiger partial charge in [0.15, 0.2) is 0 Å². The van der Waals surface area contributed by atoms with Crippen LogP contribution in [0.4, 0.5) is 0 Å². The van der Waals surface area contributed by atoms with Gasteiger partial charge in [0.2, 0.25) is 0 Å². The van der Waals surface area contributed by atoms with Crippen LogP contribution in [0.15, 0.2) is 42.5 Å². The van der Waals surface area contributed by atoms with Gasteiger partial charge in [0.1, 0.15) is 0 Å². The van der Waals surface area contributed by atoms with E-state index in [2.05, 4.69) is 34.1 Å². The summed E-state index contributed by atoms with van der Waals surface area (Å²) in [6.07, 6.45) is 1.07. The van der Waals surface area contributed by atoms with Gasteiger partial charge in [-0.1, -0.05) is 47.5 Å². The first-order chi connectivity index (χ1) is 10.7. The Hall–Kier alpha value is -1.48. The monoisotopic (exact) mass is 330 g/mol. The maximum absolute atomic E-state index is 6.37. The Labute approximate surface area is 139 Å². The Balaban J connectivity index is 1.90. The maximum Gasteiger partial charge on any atom is 0.0670 e. The van der Waals surface area contributed by atoms with Crippen molar-refractivity contribution in [3.8, 4) is 11.1 Å². The lowest BCUT2D eigenvalue weighted by Gasteiger charge is -2.09. The predicted molar refractivity (Wildman–Crippen MR) is 94.0 cm³/mol. The highest BCUT2D eigenvalue weighted by Crippen LogP contribution is 2.35. The van der Waals surface area contributed by atoms with Gasteiger partial charge in [0.05, 0.1) is 10.0 Å². The van der Waals surface area contributed by atoms with Gasteiger partial charge in [0, 0.05) is 42.8 Å². The van der Waals surface area contributed by atoms with Gasteiger partial charge >= 0.3 is 0 Å². The lowest BCUT2D eigenvalue weighted by atomic mass is 10.0. The zero-order valence-electron chi connectivity index (χ0n) is 12.1. The van der Waals surface area contributed by atoms with Crippen molar-refractivity contribution in [2.24, 2.45) is 0 Å². The molecule has 1 N–H and O–H groups in total. The Bertz CT molecular complexity index is 852. The molecule has 0 unspecified atom stereocenters. The van der Waals surface area contributed by atoms with Gasteiger partial charge in [-0.15, -0.1) is 0 Å². The molecule has 2 aromatic carbocycles. The van der Waals surface area contributed by atoms with Crippen LogP contribution >= 0.6 is 23.2 Å². The van der Waals surface area contributed by atoms with Crippen molar-refractivity contribution in [1.29, 1.82) is 0 Å². The number of nitrogens with one attached hydrogen (secondary N) is 1. The van der Waals surface area contributed by atoms with Crippen LogP contribution in [0.1, 0.15) is 5.69 Å². The lowest BCUT2D eigenvalue weighted by Crippen LogP contribution is -2.17. The molecular weight excluding hydrogens is 315 g/mol. The Morgan fingerprint density at radius 2 is 1.91 bits per heavy atom. The minimum Gasteiger partial charge on any atom is -0.343 e. The summed E-state index contributed by atoms with van der Waals surface area (Å²) in [5, 5.41) is 5.95. The Kier molecular flexibility index (Phi) is 3.61. The van der Waals surface area contributed by atoms with Crippen molar-refractivity contribution in [3.05, 3.63) is 58.2 Å². The first-order valence-electron chi connectivity index (χ1n) is 7.51. The average Bonchev–Trinajstić information content (AvgIpc) is 2.71. The summed E-state index contributed by atoms with van der Waals surface area (Å²) in [5.74, 6) is 0. The van der Waals surface area contributed by atoms with Gasteiger partial charge in [0.25, 0.3) is 0 Å². The van der Waals surface area contributed by atoms with Crippen LogP contribution in [0.3, 0.4) is 0 Å². The van der Waals surface area contributed by atoms with E-state index in [1.165, 1.54) is 16.6 Å². The second kappa shape index (κ2) is 5.62. The fraction of sp³-hybridized carbons (Fsp3) is 0.222. The van der Waals surface area contributed by atoms with Crippen LogP contribution in [-0.2, 0) is 13.0 Å². The van der Waals surface area contributed by atoms with Gasteiger partial charge in [-0.25, -0.2) is 0 Å². The zero-order valence-corrected chi connectivity index (χ0v) is 13.6. The predicted octanol–water partition coefficient (Wildman–Crippen LogP) is 4.76. The van der Waals surface area contributed by atoms with E-state index in [-0.39, 0.29) is 0 Å². The highest BCUT2D eigenvalue weighted by molar-refractivity contribution is 6.43. The molecule has 112 valence electrons. The van der Waals surface area contributed by atoms with E-state index in [0.717, 1.165) is 37.2 Å². The summed E-state index contributed by atoms with van der Waals surface area (Å²) >= 11 is 12.5. The standard InChI is InChI=1S/C18H16Cl2N2/c19-16-3-1-2-15(18(16)20)12-4-5-13-10-14-6-7-21-8-9-22(14)17(13)11-12/h1-5,10-11,21H,6-9H2. The molecule has 2 nitrogen and oxygen atoms in total. The molecule has 0 aliphatic carbocycles. The molecule has 0 amide bonds. The number of hydrogen-bond acceptors (Lipinski definition) is 1. The van der Waals surface area contributed by atoms with Crippen molar-refractivity contribution < 1.29 is 0 Å². The second-order valence-corrected chi connectivity index (χ2v) is 6.45. The van der Waals surface area contributed by atoms with E-state index < -0.39 is 0 Å². The number of benzene rings is 2. The molecule has 0 bridgehead atoms.